The molecule has 174 valence electrons. The lowest BCUT2D eigenvalue weighted by Crippen LogP contribution is -2.48. The first-order valence-corrected chi connectivity index (χ1v) is 12.6. The molecule has 2 aromatic carbocycles. The molecule has 9 heteroatoms. The average Bonchev–Trinajstić information content (AvgIpc) is 3.27. The third-order valence-corrected chi connectivity index (χ3v) is 7.29. The van der Waals surface area contributed by atoms with Crippen LogP contribution >= 0.6 is 0 Å². The predicted octanol–water partition coefficient (Wildman–Crippen LogP) is 3.09. The minimum absolute atomic E-state index is 0.0904. The normalized spacial score (nSPS) is 14.9. The monoisotopic (exact) mass is 475 g/mol. The zero-order valence-electron chi connectivity index (χ0n) is 18.5. The Bertz CT molecular complexity index is 1360. The molecule has 3 heterocycles. The molecule has 5 rings (SSSR count). The molecule has 0 radical (unpaired) electrons. The molecule has 1 amide bonds. The van der Waals surface area contributed by atoms with Crippen LogP contribution in [0.2, 0.25) is 0 Å². The minimum Gasteiger partial charge on any atom is -0.336 e. The summed E-state index contributed by atoms with van der Waals surface area (Å²) in [6.07, 6.45) is 4.02. The summed E-state index contributed by atoms with van der Waals surface area (Å²) in [6, 6.07) is 20.7. The molecule has 0 aliphatic carbocycles. The Balaban J connectivity index is 1.18. The van der Waals surface area contributed by atoms with Gasteiger partial charge in [0.15, 0.2) is 0 Å². The molecular formula is C25H25N5O3S. The third-order valence-electron chi connectivity index (χ3n) is 5.90. The van der Waals surface area contributed by atoms with Crippen molar-refractivity contribution >= 4 is 27.3 Å². The molecule has 34 heavy (non-hydrogen) atoms. The van der Waals surface area contributed by atoms with Crippen LogP contribution in [0.5, 0.6) is 0 Å². The average molecular weight is 476 g/mol. The van der Waals surface area contributed by atoms with Gasteiger partial charge in [0.1, 0.15) is 5.65 Å². The van der Waals surface area contributed by atoms with Crippen molar-refractivity contribution in [1.82, 2.24) is 19.2 Å². The maximum atomic E-state index is 13.0. The molecule has 0 atom stereocenters. The minimum atomic E-state index is -3.72. The quantitative estimate of drug-likeness (QED) is 0.463. The van der Waals surface area contributed by atoms with Crippen molar-refractivity contribution in [2.24, 2.45) is 0 Å². The van der Waals surface area contributed by atoms with Gasteiger partial charge in [0.2, 0.25) is 0 Å². The lowest BCUT2D eigenvalue weighted by molar-refractivity contribution is 0.0627. The van der Waals surface area contributed by atoms with Crippen LogP contribution in [0.15, 0.2) is 90.1 Å². The lowest BCUT2D eigenvalue weighted by Gasteiger charge is -2.34. The maximum Gasteiger partial charge on any atom is 0.261 e. The van der Waals surface area contributed by atoms with E-state index in [1.807, 2.05) is 46.0 Å². The number of fused-ring (bicyclic) bond motifs is 1. The molecule has 1 fully saturated rings. The number of sulfonamides is 1. The number of piperazine rings is 1. The smallest absolute Gasteiger partial charge is 0.261 e. The number of carbonyl (C=O) groups excluding carboxylic acids is 1. The van der Waals surface area contributed by atoms with Gasteiger partial charge in [-0.2, -0.15) is 0 Å². The fraction of sp³-hybridized carbons (Fsp3) is 0.200. The van der Waals surface area contributed by atoms with Crippen molar-refractivity contribution in [3.05, 3.63) is 96.4 Å². The summed E-state index contributed by atoms with van der Waals surface area (Å²) < 4.78 is 29.8. The van der Waals surface area contributed by atoms with Crippen LogP contribution in [0.4, 0.5) is 5.69 Å². The van der Waals surface area contributed by atoms with Crippen LogP contribution in [0.3, 0.4) is 0 Å². The van der Waals surface area contributed by atoms with E-state index < -0.39 is 10.0 Å². The van der Waals surface area contributed by atoms with E-state index in [9.17, 15) is 13.2 Å². The number of carbonyl (C=O) groups is 1. The lowest BCUT2D eigenvalue weighted by atomic mass is 10.2. The summed E-state index contributed by atoms with van der Waals surface area (Å²) in [5.74, 6) is -0.0904. The molecule has 0 bridgehead atoms. The topological polar surface area (TPSA) is 87.0 Å². The summed E-state index contributed by atoms with van der Waals surface area (Å²) in [5, 5.41) is 0. The van der Waals surface area contributed by atoms with Crippen molar-refractivity contribution in [2.75, 3.05) is 30.9 Å². The molecule has 8 nitrogen and oxygen atoms in total. The van der Waals surface area contributed by atoms with E-state index >= 15 is 0 Å². The van der Waals surface area contributed by atoms with Crippen molar-refractivity contribution < 1.29 is 13.2 Å². The van der Waals surface area contributed by atoms with E-state index in [2.05, 4.69) is 14.6 Å². The molecule has 0 unspecified atom stereocenters. The van der Waals surface area contributed by atoms with Crippen molar-refractivity contribution in [2.45, 2.75) is 11.4 Å². The van der Waals surface area contributed by atoms with Crippen LogP contribution in [0.25, 0.3) is 5.65 Å². The highest BCUT2D eigenvalue weighted by atomic mass is 32.2. The highest BCUT2D eigenvalue weighted by Crippen LogP contribution is 2.18. The van der Waals surface area contributed by atoms with Crippen LogP contribution in [0, 0.1) is 0 Å². The van der Waals surface area contributed by atoms with Crippen LogP contribution in [-0.4, -0.2) is 59.7 Å². The van der Waals surface area contributed by atoms with E-state index in [0.717, 1.165) is 31.0 Å². The highest BCUT2D eigenvalue weighted by molar-refractivity contribution is 7.92. The Morgan fingerprint density at radius 1 is 0.882 bits per heavy atom. The molecule has 4 aromatic rings. The van der Waals surface area contributed by atoms with E-state index in [1.165, 1.54) is 12.1 Å². The van der Waals surface area contributed by atoms with Crippen LogP contribution in [0.1, 0.15) is 16.1 Å². The van der Waals surface area contributed by atoms with Gasteiger partial charge in [0, 0.05) is 56.4 Å². The van der Waals surface area contributed by atoms with Gasteiger partial charge in [-0.3, -0.25) is 14.4 Å². The highest BCUT2D eigenvalue weighted by Gasteiger charge is 2.23. The van der Waals surface area contributed by atoms with Gasteiger partial charge >= 0.3 is 0 Å². The number of aromatic nitrogens is 2. The zero-order valence-corrected chi connectivity index (χ0v) is 19.4. The Hall–Kier alpha value is -3.69. The third kappa shape index (κ3) is 4.80. The second-order valence-corrected chi connectivity index (χ2v) is 9.94. The fourth-order valence-corrected chi connectivity index (χ4v) is 5.14. The van der Waals surface area contributed by atoms with Gasteiger partial charge < -0.3 is 9.30 Å². The number of pyridine rings is 1. The molecule has 1 aliphatic rings. The number of imidazole rings is 1. The molecule has 2 aromatic heterocycles. The first kappa shape index (κ1) is 22.1. The number of hydrogen-bond acceptors (Lipinski definition) is 5. The Labute approximate surface area is 198 Å². The Morgan fingerprint density at radius 3 is 2.29 bits per heavy atom. The first-order chi connectivity index (χ1) is 16.5. The summed E-state index contributed by atoms with van der Waals surface area (Å²) in [5.41, 5.74) is 2.90. The molecule has 1 N–H and O–H groups in total. The van der Waals surface area contributed by atoms with Crippen molar-refractivity contribution in [1.29, 1.82) is 0 Å². The van der Waals surface area contributed by atoms with Crippen molar-refractivity contribution in [3.8, 4) is 0 Å². The number of amides is 1. The summed E-state index contributed by atoms with van der Waals surface area (Å²) in [7, 11) is -3.72. The van der Waals surface area contributed by atoms with Crippen LogP contribution in [-0.2, 0) is 16.6 Å². The number of nitrogens with one attached hydrogen (secondary N) is 1. The second kappa shape index (κ2) is 9.28. The van der Waals surface area contributed by atoms with Crippen LogP contribution < -0.4 is 4.72 Å². The summed E-state index contributed by atoms with van der Waals surface area (Å²) in [6.45, 7) is 3.48. The number of hydrogen-bond donors (Lipinski definition) is 1. The SMILES string of the molecule is O=C(c1ccc(S(=O)(=O)Nc2ccccc2)cc1)N1CCN(Cc2cn3ccccc3n2)CC1. The molecule has 1 aliphatic heterocycles. The van der Waals surface area contributed by atoms with E-state index in [4.69, 9.17) is 0 Å². The first-order valence-electron chi connectivity index (χ1n) is 11.1. The fourth-order valence-electron chi connectivity index (χ4n) is 4.08. The number of benzene rings is 2. The van der Waals surface area contributed by atoms with Gasteiger partial charge in [-0.25, -0.2) is 13.4 Å². The summed E-state index contributed by atoms with van der Waals surface area (Å²) in [4.78, 5) is 21.8. The molecule has 1 saturated heterocycles. The maximum absolute atomic E-state index is 13.0. The number of para-hydroxylation sites is 1. The molecule has 0 spiro atoms. The number of nitrogens with zero attached hydrogens (tertiary/aromatic N) is 4. The van der Waals surface area contributed by atoms with E-state index in [0.29, 0.717) is 24.3 Å². The second-order valence-electron chi connectivity index (χ2n) is 8.26. The van der Waals surface area contributed by atoms with Gasteiger partial charge in [-0.05, 0) is 48.5 Å². The van der Waals surface area contributed by atoms with Crippen molar-refractivity contribution in [3.63, 3.8) is 0 Å². The zero-order chi connectivity index (χ0) is 23.5. The summed E-state index contributed by atoms with van der Waals surface area (Å²) >= 11 is 0. The van der Waals surface area contributed by atoms with E-state index in [-0.39, 0.29) is 10.8 Å². The predicted molar refractivity (Wildman–Crippen MR) is 130 cm³/mol. The van der Waals surface area contributed by atoms with Gasteiger partial charge in [-0.1, -0.05) is 24.3 Å². The van der Waals surface area contributed by atoms with Gasteiger partial charge in [0.05, 0.1) is 10.6 Å². The standard InChI is InChI=1S/C25H25N5O3S/c31-25(20-9-11-23(12-10-20)34(32,33)27-21-6-2-1-3-7-21)29-16-14-28(15-17-29)18-22-19-30-13-5-4-8-24(30)26-22/h1-13,19,27H,14-18H2. The molecule has 0 saturated carbocycles. The largest absolute Gasteiger partial charge is 0.336 e. The van der Waals surface area contributed by atoms with E-state index in [1.54, 1.807) is 36.4 Å². The number of rotatable bonds is 6. The van der Waals surface area contributed by atoms with Gasteiger partial charge in [0.25, 0.3) is 15.9 Å². The Morgan fingerprint density at radius 2 is 1.59 bits per heavy atom. The number of anilines is 1. The molecular weight excluding hydrogens is 450 g/mol. The van der Waals surface area contributed by atoms with Gasteiger partial charge in [-0.15, -0.1) is 0 Å². The Kier molecular flexibility index (Phi) is 6.04.